The van der Waals surface area contributed by atoms with Gasteiger partial charge in [0.15, 0.2) is 0 Å². The summed E-state index contributed by atoms with van der Waals surface area (Å²) in [7, 11) is 0. The molecule has 1 heterocycles. The van der Waals surface area contributed by atoms with Gasteiger partial charge in [-0.15, -0.1) is 0 Å². The van der Waals surface area contributed by atoms with E-state index in [2.05, 4.69) is 58.6 Å². The van der Waals surface area contributed by atoms with E-state index in [1.807, 2.05) is 6.08 Å². The van der Waals surface area contributed by atoms with Gasteiger partial charge in [0.1, 0.15) is 0 Å². The summed E-state index contributed by atoms with van der Waals surface area (Å²) in [6.07, 6.45) is 14.2. The predicted octanol–water partition coefficient (Wildman–Crippen LogP) is 4.90. The Morgan fingerprint density at radius 2 is 1.50 bits per heavy atom. The van der Waals surface area contributed by atoms with Gasteiger partial charge in [0.2, 0.25) is 0 Å². The quantitative estimate of drug-likeness (QED) is 0.452. The molecular weight excluding hydrogens is 397 g/mol. The maximum atomic E-state index is 5.20. The predicted molar refractivity (Wildman–Crippen MR) is 113 cm³/mol. The van der Waals surface area contributed by atoms with Gasteiger partial charge in [-0.3, -0.25) is 0 Å². The van der Waals surface area contributed by atoms with E-state index in [0.717, 1.165) is 5.35 Å². The van der Waals surface area contributed by atoms with Gasteiger partial charge in [0.25, 0.3) is 0 Å². The van der Waals surface area contributed by atoms with Gasteiger partial charge in [-0.1, -0.05) is 0 Å². The van der Waals surface area contributed by atoms with E-state index in [0.29, 0.717) is 0 Å². The Morgan fingerprint density at radius 1 is 0.958 bits per heavy atom. The van der Waals surface area contributed by atoms with Gasteiger partial charge in [0, 0.05) is 0 Å². The molecule has 0 bridgehead atoms. The molecule has 0 aromatic carbocycles. The fraction of sp³-hybridized carbons (Fsp3) is 0.591. The second-order valence-electron chi connectivity index (χ2n) is 6.95. The van der Waals surface area contributed by atoms with Crippen molar-refractivity contribution in [3.63, 3.8) is 0 Å². The Kier molecular flexibility index (Phi) is 10.6. The molecule has 134 valence electrons. The van der Waals surface area contributed by atoms with Crippen LogP contribution in [-0.4, -0.2) is 23.4 Å². The molecule has 0 aliphatic rings. The number of allylic oxidation sites excluding steroid dienone is 1. The van der Waals surface area contributed by atoms with Crippen molar-refractivity contribution in [1.29, 1.82) is 0 Å². The van der Waals surface area contributed by atoms with Crippen molar-refractivity contribution in [3.05, 3.63) is 35.4 Å². The standard InChI is InChI=1S/C10H10N.3C4H9.Sn/c1-3-6-10-9(4-2)7-5-8-11-10;3*1-3-4-2;/h3-7H,1H2,2H3;3*1,3-4H2,2H3;. The Hall–Kier alpha value is -0.571. The monoisotopic (exact) mass is 435 g/mol. The van der Waals surface area contributed by atoms with Crippen molar-refractivity contribution in [2.24, 2.45) is 0 Å². The number of rotatable bonds is 11. The first kappa shape index (κ1) is 21.5. The van der Waals surface area contributed by atoms with E-state index < -0.39 is 18.4 Å². The van der Waals surface area contributed by atoms with E-state index >= 15 is 0 Å². The molecule has 2 heteroatoms. The molecule has 1 aromatic heterocycles. The molecule has 0 N–H and O–H groups in total. The van der Waals surface area contributed by atoms with Gasteiger partial charge in [-0.25, -0.2) is 0 Å². The van der Waals surface area contributed by atoms with E-state index in [1.54, 1.807) is 0 Å². The average Bonchev–Trinajstić information content (AvgIpc) is 2.61. The number of unbranched alkanes of at least 4 members (excludes halogenated alkanes) is 3. The number of nitrogens with zero attached hydrogens (tertiary/aromatic N) is 1. The zero-order chi connectivity index (χ0) is 17.8. The SMILES string of the molecule is C=CC=c1n[c]([Sn]([CH2]CCC)([CH2]CCC)[CH2]CCC)ccc1=CC. The molecule has 0 unspecified atom stereocenters. The van der Waals surface area contributed by atoms with Crippen molar-refractivity contribution >= 4 is 34.2 Å². The first-order valence-electron chi connectivity index (χ1n) is 9.94. The van der Waals surface area contributed by atoms with Crippen LogP contribution in [0.25, 0.3) is 12.2 Å². The molecule has 0 amide bonds. The Morgan fingerprint density at radius 3 is 1.92 bits per heavy atom. The van der Waals surface area contributed by atoms with Gasteiger partial charge in [-0.2, -0.15) is 0 Å². The van der Waals surface area contributed by atoms with Crippen LogP contribution in [0.1, 0.15) is 66.2 Å². The number of hydrogen-bond donors (Lipinski definition) is 0. The molecule has 0 radical (unpaired) electrons. The molecule has 0 atom stereocenters. The summed E-state index contributed by atoms with van der Waals surface area (Å²) in [6, 6.07) is 4.68. The minimum absolute atomic E-state index is 1.12. The van der Waals surface area contributed by atoms with Crippen LogP contribution in [0.15, 0.2) is 24.8 Å². The van der Waals surface area contributed by atoms with Gasteiger partial charge < -0.3 is 0 Å². The summed E-state index contributed by atoms with van der Waals surface area (Å²) in [5.74, 6) is 0. The van der Waals surface area contributed by atoms with Crippen LogP contribution >= 0.6 is 0 Å². The Labute approximate surface area is 153 Å². The first-order chi connectivity index (χ1) is 11.7. The number of pyridine rings is 1. The molecular formula is C22H37NSn. The fourth-order valence-electron chi connectivity index (χ4n) is 3.57. The van der Waals surface area contributed by atoms with Gasteiger partial charge in [0.05, 0.1) is 0 Å². The van der Waals surface area contributed by atoms with Crippen molar-refractivity contribution < 1.29 is 0 Å². The fourth-order valence-corrected chi connectivity index (χ4v) is 19.0. The first-order valence-corrected chi connectivity index (χ1v) is 17.4. The molecule has 0 saturated heterocycles. The topological polar surface area (TPSA) is 12.9 Å². The molecule has 1 rings (SSSR count). The molecule has 0 fully saturated rings. The summed E-state index contributed by atoms with van der Waals surface area (Å²) in [5.41, 5.74) is 0. The van der Waals surface area contributed by atoms with E-state index in [4.69, 9.17) is 4.98 Å². The minimum atomic E-state index is -2.41. The van der Waals surface area contributed by atoms with Crippen LogP contribution in [0.3, 0.4) is 0 Å². The van der Waals surface area contributed by atoms with Crippen LogP contribution < -0.4 is 14.3 Å². The molecule has 1 nitrogen and oxygen atoms in total. The average molecular weight is 434 g/mol. The van der Waals surface area contributed by atoms with Crippen LogP contribution in [-0.2, 0) is 0 Å². The maximum absolute atomic E-state index is 5.20. The summed E-state index contributed by atoms with van der Waals surface area (Å²) >= 11 is -2.41. The third kappa shape index (κ3) is 6.06. The molecule has 1 aromatic rings. The van der Waals surface area contributed by atoms with Crippen LogP contribution in [0.2, 0.25) is 13.3 Å². The van der Waals surface area contributed by atoms with E-state index in [9.17, 15) is 0 Å². The third-order valence-electron chi connectivity index (χ3n) is 5.11. The number of aromatic nitrogens is 1. The molecule has 0 spiro atoms. The van der Waals surface area contributed by atoms with E-state index in [1.165, 1.54) is 60.8 Å². The van der Waals surface area contributed by atoms with Crippen molar-refractivity contribution in [1.82, 2.24) is 4.98 Å². The molecule has 24 heavy (non-hydrogen) atoms. The normalized spacial score (nSPS) is 13.5. The zero-order valence-corrected chi connectivity index (χ0v) is 19.3. The summed E-state index contributed by atoms with van der Waals surface area (Å²) in [4.78, 5) is 5.20. The Bertz CT molecular complexity index is 581. The summed E-state index contributed by atoms with van der Waals surface area (Å²) < 4.78 is 5.93. The van der Waals surface area contributed by atoms with Crippen LogP contribution in [0, 0.1) is 0 Å². The van der Waals surface area contributed by atoms with Crippen LogP contribution in [0.5, 0.6) is 0 Å². The number of hydrogen-bond acceptors (Lipinski definition) is 1. The Balaban J connectivity index is 3.41. The van der Waals surface area contributed by atoms with Gasteiger partial charge in [-0.05, 0) is 0 Å². The van der Waals surface area contributed by atoms with Gasteiger partial charge >= 0.3 is 154 Å². The zero-order valence-electron chi connectivity index (χ0n) is 16.4. The van der Waals surface area contributed by atoms with Crippen molar-refractivity contribution in [2.75, 3.05) is 0 Å². The molecule has 0 aliphatic carbocycles. The summed E-state index contributed by atoms with van der Waals surface area (Å²) in [5, 5.41) is 2.36. The second-order valence-corrected chi connectivity index (χ2v) is 20.0. The van der Waals surface area contributed by atoms with Crippen molar-refractivity contribution in [3.8, 4) is 0 Å². The summed E-state index contributed by atoms with van der Waals surface area (Å²) in [6.45, 7) is 13.0. The molecule has 0 aliphatic heterocycles. The van der Waals surface area contributed by atoms with Crippen LogP contribution in [0.4, 0.5) is 0 Å². The third-order valence-corrected chi connectivity index (χ3v) is 20.2. The molecule has 0 saturated carbocycles. The second kappa shape index (κ2) is 11.9. The van der Waals surface area contributed by atoms with Crippen molar-refractivity contribution in [2.45, 2.75) is 79.5 Å². The van der Waals surface area contributed by atoms with E-state index in [-0.39, 0.29) is 0 Å².